The lowest BCUT2D eigenvalue weighted by molar-refractivity contribution is -0.180. The summed E-state index contributed by atoms with van der Waals surface area (Å²) in [5.41, 5.74) is 0.266. The Labute approximate surface area is 171 Å². The van der Waals surface area contributed by atoms with Gasteiger partial charge in [0.05, 0.1) is 5.41 Å². The maximum atomic E-state index is 13.5. The first kappa shape index (κ1) is 18.5. The van der Waals surface area contributed by atoms with E-state index in [0.717, 1.165) is 57.2 Å². The second-order valence-corrected chi connectivity index (χ2v) is 10.4. The van der Waals surface area contributed by atoms with Gasteiger partial charge in [-0.25, -0.2) is 0 Å². The zero-order valence-corrected chi connectivity index (χ0v) is 17.0. The van der Waals surface area contributed by atoms with Crippen LogP contribution >= 0.6 is 11.6 Å². The fourth-order valence-electron chi connectivity index (χ4n) is 6.61. The molecule has 1 aliphatic heterocycles. The molecule has 4 bridgehead atoms. The quantitative estimate of drug-likeness (QED) is 0.552. The molecule has 1 heterocycles. The Kier molecular flexibility index (Phi) is 4.46. The Balaban J connectivity index is 1.41. The van der Waals surface area contributed by atoms with Crippen LogP contribution in [0.4, 0.5) is 0 Å². The maximum Gasteiger partial charge on any atom is 0.313 e. The first-order valence-corrected chi connectivity index (χ1v) is 11.1. The molecule has 28 heavy (non-hydrogen) atoms. The number of likely N-dealkylation sites (tertiary alicyclic amines) is 1. The lowest BCUT2D eigenvalue weighted by atomic mass is 9.49. The number of hydrogen-bond acceptors (Lipinski definition) is 3. The first-order valence-electron chi connectivity index (χ1n) is 10.7. The monoisotopic (exact) mass is 401 g/mol. The van der Waals surface area contributed by atoms with Crippen molar-refractivity contribution in [1.29, 1.82) is 0 Å². The smallest absolute Gasteiger partial charge is 0.313 e. The molecule has 4 aliphatic carbocycles. The van der Waals surface area contributed by atoms with Crippen LogP contribution in [0.15, 0.2) is 30.3 Å². The van der Waals surface area contributed by atoms with Crippen molar-refractivity contribution in [3.8, 4) is 0 Å². The summed E-state index contributed by atoms with van der Waals surface area (Å²) in [5, 5.41) is 0. The van der Waals surface area contributed by atoms with E-state index in [1.807, 2.05) is 35.2 Å². The van der Waals surface area contributed by atoms with Gasteiger partial charge in [-0.05, 0) is 63.2 Å². The lowest BCUT2D eigenvalue weighted by Gasteiger charge is -2.58. The van der Waals surface area contributed by atoms with Crippen LogP contribution in [0.25, 0.3) is 0 Å². The van der Waals surface area contributed by atoms with Crippen LogP contribution in [0.1, 0.15) is 63.0 Å². The minimum absolute atomic E-state index is 0.0811. The van der Waals surface area contributed by atoms with Gasteiger partial charge in [-0.2, -0.15) is 0 Å². The highest BCUT2D eigenvalue weighted by molar-refractivity contribution is 6.24. The number of benzene rings is 1. The highest BCUT2D eigenvalue weighted by Gasteiger charge is 2.61. The Morgan fingerprint density at radius 2 is 1.68 bits per heavy atom. The van der Waals surface area contributed by atoms with Gasteiger partial charge in [0.1, 0.15) is 0 Å². The third-order valence-electron chi connectivity index (χ3n) is 7.39. The van der Waals surface area contributed by atoms with Gasteiger partial charge in [0.15, 0.2) is 0 Å². The third-order valence-corrected chi connectivity index (χ3v) is 7.83. The van der Waals surface area contributed by atoms with Crippen molar-refractivity contribution in [2.45, 2.75) is 62.3 Å². The molecule has 4 saturated carbocycles. The third kappa shape index (κ3) is 3.14. The van der Waals surface area contributed by atoms with Crippen LogP contribution in [0.5, 0.6) is 0 Å². The Morgan fingerprint density at radius 3 is 2.29 bits per heavy atom. The van der Waals surface area contributed by atoms with E-state index in [-0.39, 0.29) is 16.8 Å². The Morgan fingerprint density at radius 1 is 1.04 bits per heavy atom. The standard InChI is InChI=1S/C23H28ClNO3/c24-23-13-16-10-17(14-23)12-22(11-16,15-23)21(27)28-19(18-6-2-1-3-7-18)20(26)25-8-4-5-9-25/h1-3,6-7,16-17,19H,4-5,8-15H2/t16-,17+,19-,22?,23?/m1/s1. The van der Waals surface area contributed by atoms with Gasteiger partial charge in [-0.15, -0.1) is 11.6 Å². The summed E-state index contributed by atoms with van der Waals surface area (Å²) in [6, 6.07) is 9.47. The van der Waals surface area contributed by atoms with E-state index < -0.39 is 11.5 Å². The zero-order chi connectivity index (χ0) is 19.4. The van der Waals surface area contributed by atoms with Crippen LogP contribution in [0, 0.1) is 17.3 Å². The van der Waals surface area contributed by atoms with E-state index in [0.29, 0.717) is 18.3 Å². The number of amides is 1. The van der Waals surface area contributed by atoms with E-state index in [9.17, 15) is 9.59 Å². The number of ether oxygens (including phenoxy) is 1. The Hall–Kier alpha value is -1.55. The van der Waals surface area contributed by atoms with Crippen molar-refractivity contribution in [3.05, 3.63) is 35.9 Å². The normalized spacial score (nSPS) is 37.1. The largest absolute Gasteiger partial charge is 0.447 e. The number of halogens is 1. The van der Waals surface area contributed by atoms with E-state index in [2.05, 4.69) is 0 Å². The molecule has 0 radical (unpaired) electrons. The van der Waals surface area contributed by atoms with Crippen molar-refractivity contribution in [3.63, 3.8) is 0 Å². The van der Waals surface area contributed by atoms with Gasteiger partial charge in [0.25, 0.3) is 5.91 Å². The Bertz CT molecular complexity index is 759. The minimum atomic E-state index is -0.842. The number of esters is 1. The van der Waals surface area contributed by atoms with Gasteiger partial charge in [0, 0.05) is 23.5 Å². The fourth-order valence-corrected chi connectivity index (χ4v) is 7.31. The molecule has 1 saturated heterocycles. The van der Waals surface area contributed by atoms with Crippen LogP contribution in [-0.2, 0) is 14.3 Å². The van der Waals surface area contributed by atoms with Crippen molar-refractivity contribution < 1.29 is 14.3 Å². The molecule has 1 amide bonds. The summed E-state index contributed by atoms with van der Waals surface area (Å²) < 4.78 is 6.05. The SMILES string of the molecule is O=C([C@H](OC(=O)C12C[C@@H]3C[C@@H](CC(Cl)(C3)C1)C2)c1ccccc1)N1CCCC1. The molecule has 150 valence electrons. The summed E-state index contributed by atoms with van der Waals surface area (Å²) >= 11 is 6.90. The molecular weight excluding hydrogens is 374 g/mol. The molecule has 5 heteroatoms. The number of rotatable bonds is 4. The predicted molar refractivity (Wildman–Crippen MR) is 107 cm³/mol. The molecule has 0 aromatic heterocycles. The van der Waals surface area contributed by atoms with Crippen molar-refractivity contribution in [1.82, 2.24) is 4.90 Å². The molecule has 0 N–H and O–H groups in total. The molecule has 0 spiro atoms. The molecular formula is C23H28ClNO3. The molecule has 5 aliphatic rings. The molecule has 6 rings (SSSR count). The van der Waals surface area contributed by atoms with E-state index in [1.54, 1.807) is 0 Å². The van der Waals surface area contributed by atoms with Crippen LogP contribution in [0.2, 0.25) is 0 Å². The number of carbonyl (C=O) groups is 2. The molecule has 1 aromatic carbocycles. The van der Waals surface area contributed by atoms with Crippen molar-refractivity contribution >= 4 is 23.5 Å². The second kappa shape index (κ2) is 6.76. The lowest BCUT2D eigenvalue weighted by Crippen LogP contribution is -2.56. The van der Waals surface area contributed by atoms with Gasteiger partial charge >= 0.3 is 5.97 Å². The summed E-state index contributed by atoms with van der Waals surface area (Å²) in [6.07, 6.45) is 6.87. The number of carbonyl (C=O) groups excluding carboxylic acids is 2. The highest BCUT2D eigenvalue weighted by atomic mass is 35.5. The summed E-state index contributed by atoms with van der Waals surface area (Å²) in [7, 11) is 0. The van der Waals surface area contributed by atoms with Crippen molar-refractivity contribution in [2.75, 3.05) is 13.1 Å². The predicted octanol–water partition coefficient (Wildman–Crippen LogP) is 4.47. The van der Waals surface area contributed by atoms with Gasteiger partial charge < -0.3 is 9.64 Å². The van der Waals surface area contributed by atoms with Gasteiger partial charge in [0.2, 0.25) is 6.10 Å². The van der Waals surface area contributed by atoms with E-state index in [4.69, 9.17) is 16.3 Å². The molecule has 5 atom stereocenters. The highest BCUT2D eigenvalue weighted by Crippen LogP contribution is 2.64. The average molecular weight is 402 g/mol. The van der Waals surface area contributed by atoms with Gasteiger partial charge in [-0.1, -0.05) is 30.3 Å². The fraction of sp³-hybridized carbons (Fsp3) is 0.652. The zero-order valence-electron chi connectivity index (χ0n) is 16.2. The van der Waals surface area contributed by atoms with Crippen LogP contribution < -0.4 is 0 Å². The maximum absolute atomic E-state index is 13.5. The second-order valence-electron chi connectivity index (χ2n) is 9.62. The van der Waals surface area contributed by atoms with Crippen LogP contribution in [-0.4, -0.2) is 34.7 Å². The average Bonchev–Trinajstić information content (AvgIpc) is 3.19. The first-order chi connectivity index (χ1) is 13.5. The van der Waals surface area contributed by atoms with E-state index in [1.165, 1.54) is 6.42 Å². The molecule has 2 unspecified atom stereocenters. The molecule has 5 fully saturated rings. The number of alkyl halides is 1. The van der Waals surface area contributed by atoms with E-state index >= 15 is 0 Å². The summed E-state index contributed by atoms with van der Waals surface area (Å²) in [6.45, 7) is 1.50. The topological polar surface area (TPSA) is 46.6 Å². The van der Waals surface area contributed by atoms with Gasteiger partial charge in [-0.3, -0.25) is 9.59 Å². The van der Waals surface area contributed by atoms with Crippen molar-refractivity contribution in [2.24, 2.45) is 17.3 Å². The minimum Gasteiger partial charge on any atom is -0.447 e. The molecule has 1 aromatic rings. The summed E-state index contributed by atoms with van der Waals surface area (Å²) in [4.78, 5) is 28.3. The number of hydrogen-bond donors (Lipinski definition) is 0. The molecule has 4 nitrogen and oxygen atoms in total. The summed E-state index contributed by atoms with van der Waals surface area (Å²) in [5.74, 6) is 0.766. The van der Waals surface area contributed by atoms with Crippen LogP contribution in [0.3, 0.4) is 0 Å². The number of nitrogens with zero attached hydrogens (tertiary/aromatic N) is 1.